The molecular formula is C20H17N5O. The molecule has 0 bridgehead atoms. The largest absolute Gasteiger partial charge is 0.497 e. The number of rotatable bonds is 5. The smallest absolute Gasteiger partial charge is 0.229 e. The molecule has 2 heterocycles. The van der Waals surface area contributed by atoms with Gasteiger partial charge in [-0.25, -0.2) is 4.98 Å². The van der Waals surface area contributed by atoms with Crippen molar-refractivity contribution >= 4 is 34.0 Å². The first kappa shape index (κ1) is 15.8. The summed E-state index contributed by atoms with van der Waals surface area (Å²) in [6, 6.07) is 19.4. The van der Waals surface area contributed by atoms with Gasteiger partial charge in [0.05, 0.1) is 12.6 Å². The fourth-order valence-corrected chi connectivity index (χ4v) is 2.59. The monoisotopic (exact) mass is 343 g/mol. The number of anilines is 4. The third kappa shape index (κ3) is 3.54. The molecule has 0 saturated carbocycles. The molecule has 6 heteroatoms. The lowest BCUT2D eigenvalue weighted by Crippen LogP contribution is -2.00. The van der Waals surface area contributed by atoms with E-state index < -0.39 is 0 Å². The quantitative estimate of drug-likeness (QED) is 0.555. The number of methoxy groups -OCH3 is 1. The Labute approximate surface area is 150 Å². The number of hydrogen-bond acceptors (Lipinski definition) is 6. The van der Waals surface area contributed by atoms with E-state index in [9.17, 15) is 0 Å². The number of ether oxygens (including phenoxy) is 1. The van der Waals surface area contributed by atoms with Crippen LogP contribution in [0.3, 0.4) is 0 Å². The minimum atomic E-state index is 0.516. The summed E-state index contributed by atoms with van der Waals surface area (Å²) in [6.07, 6.45) is 3.50. The Morgan fingerprint density at radius 2 is 1.65 bits per heavy atom. The van der Waals surface area contributed by atoms with Crippen LogP contribution in [0.25, 0.3) is 10.9 Å². The van der Waals surface area contributed by atoms with Gasteiger partial charge in [0.15, 0.2) is 0 Å². The SMILES string of the molecule is COc1ccc(Nc2nccc(Nc3ccc4ncccc4c3)n2)cc1. The summed E-state index contributed by atoms with van der Waals surface area (Å²) in [5.74, 6) is 2.03. The van der Waals surface area contributed by atoms with Crippen molar-refractivity contribution in [1.82, 2.24) is 15.0 Å². The standard InChI is InChI=1S/C20H17N5O/c1-26-17-7-4-15(5-8-17)24-20-22-12-10-19(25-20)23-16-6-9-18-14(13-16)3-2-11-21-18/h2-13H,1H3,(H2,22,23,24,25). The predicted molar refractivity (Wildman–Crippen MR) is 103 cm³/mol. The molecule has 0 aliphatic heterocycles. The molecule has 4 aromatic rings. The average Bonchev–Trinajstić information content (AvgIpc) is 2.69. The molecule has 2 aromatic carbocycles. The number of aromatic nitrogens is 3. The van der Waals surface area contributed by atoms with Crippen LogP contribution in [0, 0.1) is 0 Å². The Hall–Kier alpha value is -3.67. The number of nitrogens with one attached hydrogen (secondary N) is 2. The van der Waals surface area contributed by atoms with Crippen molar-refractivity contribution in [2.45, 2.75) is 0 Å². The molecular weight excluding hydrogens is 326 g/mol. The van der Waals surface area contributed by atoms with Crippen LogP contribution in [0.4, 0.5) is 23.1 Å². The van der Waals surface area contributed by atoms with Crippen LogP contribution in [0.2, 0.25) is 0 Å². The Morgan fingerprint density at radius 1 is 0.808 bits per heavy atom. The predicted octanol–water partition coefficient (Wildman–Crippen LogP) is 4.52. The number of benzene rings is 2. The first-order chi connectivity index (χ1) is 12.8. The maximum atomic E-state index is 5.16. The Morgan fingerprint density at radius 3 is 2.50 bits per heavy atom. The van der Waals surface area contributed by atoms with Gasteiger partial charge in [-0.3, -0.25) is 4.98 Å². The molecule has 4 rings (SSSR count). The summed E-state index contributed by atoms with van der Waals surface area (Å²) in [6.45, 7) is 0. The molecule has 0 spiro atoms. The molecule has 0 radical (unpaired) electrons. The second-order valence-electron chi connectivity index (χ2n) is 5.65. The van der Waals surface area contributed by atoms with Gasteiger partial charge in [-0.15, -0.1) is 0 Å². The number of fused-ring (bicyclic) bond motifs is 1. The maximum absolute atomic E-state index is 5.16. The maximum Gasteiger partial charge on any atom is 0.229 e. The summed E-state index contributed by atoms with van der Waals surface area (Å²) in [7, 11) is 1.64. The van der Waals surface area contributed by atoms with Crippen molar-refractivity contribution in [3.8, 4) is 5.75 Å². The van der Waals surface area contributed by atoms with Gasteiger partial charge in [-0.2, -0.15) is 4.98 Å². The van der Waals surface area contributed by atoms with Gasteiger partial charge in [0, 0.05) is 29.2 Å². The van der Waals surface area contributed by atoms with Gasteiger partial charge in [0.25, 0.3) is 0 Å². The van der Waals surface area contributed by atoms with Crippen molar-refractivity contribution in [3.63, 3.8) is 0 Å². The minimum absolute atomic E-state index is 0.516. The Bertz CT molecular complexity index is 1030. The lowest BCUT2D eigenvalue weighted by Gasteiger charge is -2.09. The first-order valence-corrected chi connectivity index (χ1v) is 8.16. The average molecular weight is 343 g/mol. The molecule has 2 aromatic heterocycles. The van der Waals surface area contributed by atoms with E-state index in [2.05, 4.69) is 25.6 Å². The third-order valence-corrected chi connectivity index (χ3v) is 3.88. The molecule has 6 nitrogen and oxygen atoms in total. The fraction of sp³-hybridized carbons (Fsp3) is 0.0500. The van der Waals surface area contributed by atoms with Crippen molar-refractivity contribution in [1.29, 1.82) is 0 Å². The topological polar surface area (TPSA) is 72.0 Å². The van der Waals surface area contributed by atoms with Gasteiger partial charge in [-0.1, -0.05) is 6.07 Å². The molecule has 0 atom stereocenters. The van der Waals surface area contributed by atoms with E-state index in [-0.39, 0.29) is 0 Å². The molecule has 0 aliphatic carbocycles. The number of hydrogen-bond donors (Lipinski definition) is 2. The fourth-order valence-electron chi connectivity index (χ4n) is 2.59. The highest BCUT2D eigenvalue weighted by Gasteiger charge is 2.03. The van der Waals surface area contributed by atoms with E-state index in [0.717, 1.165) is 28.0 Å². The zero-order valence-corrected chi connectivity index (χ0v) is 14.2. The molecule has 0 aliphatic rings. The highest BCUT2D eigenvalue weighted by atomic mass is 16.5. The van der Waals surface area contributed by atoms with Gasteiger partial charge in [-0.05, 0) is 54.6 Å². The normalized spacial score (nSPS) is 10.5. The van der Waals surface area contributed by atoms with Crippen LogP contribution in [-0.2, 0) is 0 Å². The van der Waals surface area contributed by atoms with Crippen molar-refractivity contribution < 1.29 is 4.74 Å². The summed E-state index contributed by atoms with van der Waals surface area (Å²) < 4.78 is 5.16. The highest BCUT2D eigenvalue weighted by Crippen LogP contribution is 2.22. The number of nitrogens with zero attached hydrogens (tertiary/aromatic N) is 3. The molecule has 2 N–H and O–H groups in total. The van der Waals surface area contributed by atoms with Crippen LogP contribution >= 0.6 is 0 Å². The summed E-state index contributed by atoms with van der Waals surface area (Å²) in [5.41, 5.74) is 2.79. The Kier molecular flexibility index (Phi) is 4.30. The third-order valence-electron chi connectivity index (χ3n) is 3.88. The zero-order valence-electron chi connectivity index (χ0n) is 14.2. The molecule has 0 amide bonds. The summed E-state index contributed by atoms with van der Waals surface area (Å²) in [4.78, 5) is 13.1. The van der Waals surface area contributed by atoms with Crippen LogP contribution in [-0.4, -0.2) is 22.1 Å². The van der Waals surface area contributed by atoms with Crippen LogP contribution in [0.5, 0.6) is 5.75 Å². The van der Waals surface area contributed by atoms with Gasteiger partial charge in [0.2, 0.25) is 5.95 Å². The van der Waals surface area contributed by atoms with E-state index >= 15 is 0 Å². The van der Waals surface area contributed by atoms with Crippen molar-refractivity contribution in [2.75, 3.05) is 17.7 Å². The molecule has 26 heavy (non-hydrogen) atoms. The van der Waals surface area contributed by atoms with E-state index in [4.69, 9.17) is 4.74 Å². The Balaban J connectivity index is 1.52. The van der Waals surface area contributed by atoms with E-state index in [0.29, 0.717) is 11.8 Å². The van der Waals surface area contributed by atoms with Crippen LogP contribution in [0.15, 0.2) is 73.1 Å². The lowest BCUT2D eigenvalue weighted by molar-refractivity contribution is 0.415. The van der Waals surface area contributed by atoms with E-state index in [1.54, 1.807) is 19.5 Å². The second-order valence-corrected chi connectivity index (χ2v) is 5.65. The van der Waals surface area contributed by atoms with E-state index in [1.165, 1.54) is 0 Å². The number of pyridine rings is 1. The van der Waals surface area contributed by atoms with Gasteiger partial charge < -0.3 is 15.4 Å². The highest BCUT2D eigenvalue weighted by molar-refractivity contribution is 5.83. The molecule has 0 saturated heterocycles. The summed E-state index contributed by atoms with van der Waals surface area (Å²) in [5, 5.41) is 7.56. The van der Waals surface area contributed by atoms with Crippen molar-refractivity contribution in [3.05, 3.63) is 73.1 Å². The van der Waals surface area contributed by atoms with Crippen molar-refractivity contribution in [2.24, 2.45) is 0 Å². The summed E-state index contributed by atoms with van der Waals surface area (Å²) >= 11 is 0. The molecule has 0 fully saturated rings. The van der Waals surface area contributed by atoms with E-state index in [1.807, 2.05) is 60.7 Å². The zero-order chi connectivity index (χ0) is 17.8. The molecule has 128 valence electrons. The van der Waals surface area contributed by atoms with Crippen LogP contribution in [0.1, 0.15) is 0 Å². The lowest BCUT2D eigenvalue weighted by atomic mass is 10.2. The van der Waals surface area contributed by atoms with Crippen LogP contribution < -0.4 is 15.4 Å². The first-order valence-electron chi connectivity index (χ1n) is 8.16. The second kappa shape index (κ2) is 7.06. The van der Waals surface area contributed by atoms with Gasteiger partial charge in [0.1, 0.15) is 11.6 Å². The molecule has 0 unspecified atom stereocenters. The van der Waals surface area contributed by atoms with Gasteiger partial charge >= 0.3 is 0 Å². The minimum Gasteiger partial charge on any atom is -0.497 e.